The summed E-state index contributed by atoms with van der Waals surface area (Å²) in [7, 11) is -7.08. The zero-order chi connectivity index (χ0) is 11.9. The summed E-state index contributed by atoms with van der Waals surface area (Å²) in [4.78, 5) is 0. The van der Waals surface area contributed by atoms with Gasteiger partial charge < -0.3 is 0 Å². The molecule has 0 atom stereocenters. The van der Waals surface area contributed by atoms with Crippen molar-refractivity contribution >= 4 is 19.7 Å². The first-order chi connectivity index (χ1) is 6.83. The first kappa shape index (κ1) is 14.4. The summed E-state index contributed by atoms with van der Waals surface area (Å²) in [6, 6.07) is 0. The Balaban J connectivity index is 4.58. The lowest BCUT2D eigenvalue weighted by atomic mass is 10.6. The Labute approximate surface area is 91.5 Å². The van der Waals surface area contributed by atoms with Crippen LogP contribution < -0.4 is 0 Å². The van der Waals surface area contributed by atoms with Crippen LogP contribution in [0.1, 0.15) is 13.8 Å². The van der Waals surface area contributed by atoms with E-state index < -0.39 is 24.8 Å². The Bertz CT molecular complexity index is 385. The highest BCUT2D eigenvalue weighted by molar-refractivity contribution is 8.08. The highest BCUT2D eigenvalue weighted by atomic mass is 32.3. The zero-order valence-corrected chi connectivity index (χ0v) is 10.5. The molecule has 4 nitrogen and oxygen atoms in total. The number of sulfone groups is 2. The van der Waals surface area contributed by atoms with Crippen LogP contribution in [0.4, 0.5) is 0 Å². The van der Waals surface area contributed by atoms with Gasteiger partial charge in [0.25, 0.3) is 0 Å². The van der Waals surface area contributed by atoms with Gasteiger partial charge in [-0.1, -0.05) is 24.3 Å². The minimum atomic E-state index is -3.54. The molecule has 6 heteroatoms. The molecule has 0 rings (SSSR count). The molecule has 0 N–H and O–H groups in total. The molecule has 0 fully saturated rings. The van der Waals surface area contributed by atoms with Gasteiger partial charge in [0.05, 0.1) is 11.5 Å². The number of rotatable bonds is 6. The summed E-state index contributed by atoms with van der Waals surface area (Å²) in [6.45, 7) is 3.37. The molecule has 0 saturated carbocycles. The van der Waals surface area contributed by atoms with Crippen LogP contribution >= 0.6 is 0 Å². The lowest BCUT2D eigenvalue weighted by molar-refractivity contribution is 0.592. The summed E-state index contributed by atoms with van der Waals surface area (Å²) >= 11 is 0. The number of hydrogen-bond acceptors (Lipinski definition) is 4. The Kier molecular flexibility index (Phi) is 5.82. The van der Waals surface area contributed by atoms with E-state index in [1.807, 2.05) is 0 Å². The van der Waals surface area contributed by atoms with Gasteiger partial charge in [-0.05, 0) is 13.8 Å². The molecular weight excluding hydrogens is 236 g/mol. The van der Waals surface area contributed by atoms with E-state index >= 15 is 0 Å². The predicted octanol–water partition coefficient (Wildman–Crippen LogP) is 0.926. The zero-order valence-electron chi connectivity index (χ0n) is 8.88. The van der Waals surface area contributed by atoms with Crippen LogP contribution in [0.2, 0.25) is 0 Å². The highest BCUT2D eigenvalue weighted by Crippen LogP contribution is 2.00. The van der Waals surface area contributed by atoms with Crippen molar-refractivity contribution in [2.24, 2.45) is 0 Å². The van der Waals surface area contributed by atoms with E-state index in [-0.39, 0.29) is 11.5 Å². The Morgan fingerprint density at radius 3 is 1.40 bits per heavy atom. The Morgan fingerprint density at radius 1 is 0.800 bits per heavy atom. The topological polar surface area (TPSA) is 68.3 Å². The minimum Gasteiger partial charge on any atom is -0.227 e. The Morgan fingerprint density at radius 2 is 1.13 bits per heavy atom. The van der Waals surface area contributed by atoms with Crippen LogP contribution in [0, 0.1) is 0 Å². The number of hydrogen-bond donors (Lipinski definition) is 0. The second-order valence-electron chi connectivity index (χ2n) is 3.08. The van der Waals surface area contributed by atoms with Crippen LogP contribution in [0.5, 0.6) is 0 Å². The van der Waals surface area contributed by atoms with Gasteiger partial charge in [-0.25, -0.2) is 16.8 Å². The monoisotopic (exact) mass is 252 g/mol. The van der Waals surface area contributed by atoms with E-state index in [2.05, 4.69) is 0 Å². The average molecular weight is 252 g/mol. The van der Waals surface area contributed by atoms with E-state index in [4.69, 9.17) is 0 Å². The van der Waals surface area contributed by atoms with Gasteiger partial charge in [0.1, 0.15) is 0 Å². The van der Waals surface area contributed by atoms with Crippen molar-refractivity contribution in [1.82, 2.24) is 0 Å². The van der Waals surface area contributed by atoms with Gasteiger partial charge >= 0.3 is 0 Å². The van der Waals surface area contributed by atoms with Gasteiger partial charge in [-0.3, -0.25) is 0 Å². The standard InChI is InChI=1S/C9H16O4S2/c1-3-5-7-14(10,11)9-15(12,13)8-6-4-2/h3-6H,7-9H2,1-2H3. The van der Waals surface area contributed by atoms with Crippen LogP contribution in [-0.4, -0.2) is 33.4 Å². The smallest absolute Gasteiger partial charge is 0.168 e. The molecule has 0 amide bonds. The van der Waals surface area contributed by atoms with Crippen LogP contribution in [-0.2, 0) is 19.7 Å². The molecule has 0 aromatic rings. The first-order valence-electron chi connectivity index (χ1n) is 4.46. The molecule has 0 aromatic carbocycles. The van der Waals surface area contributed by atoms with Crippen molar-refractivity contribution in [1.29, 1.82) is 0 Å². The SMILES string of the molecule is CC=CCS(=O)(=O)CS(=O)(=O)CC=CC. The van der Waals surface area contributed by atoms with E-state index in [0.29, 0.717) is 0 Å². The summed E-state index contributed by atoms with van der Waals surface area (Å²) in [6.07, 6.45) is 6.02. The van der Waals surface area contributed by atoms with Crippen molar-refractivity contribution < 1.29 is 16.8 Å². The lowest BCUT2D eigenvalue weighted by Crippen LogP contribution is -2.20. The van der Waals surface area contributed by atoms with Gasteiger partial charge in [0.2, 0.25) is 0 Å². The van der Waals surface area contributed by atoms with Crippen molar-refractivity contribution in [2.75, 3.05) is 16.6 Å². The number of allylic oxidation sites excluding steroid dienone is 2. The van der Waals surface area contributed by atoms with Gasteiger partial charge in [-0.15, -0.1) is 0 Å². The van der Waals surface area contributed by atoms with Crippen LogP contribution in [0.3, 0.4) is 0 Å². The maximum Gasteiger partial charge on any atom is 0.168 e. The molecule has 0 aliphatic carbocycles. The maximum atomic E-state index is 11.3. The van der Waals surface area contributed by atoms with Gasteiger partial charge in [0, 0.05) is 0 Å². The summed E-state index contributed by atoms with van der Waals surface area (Å²) in [5.74, 6) is -0.447. The fraction of sp³-hybridized carbons (Fsp3) is 0.556. The Hall–Kier alpha value is -0.620. The quantitative estimate of drug-likeness (QED) is 0.659. The molecule has 0 aliphatic heterocycles. The van der Waals surface area contributed by atoms with E-state index in [1.165, 1.54) is 12.2 Å². The van der Waals surface area contributed by atoms with Crippen molar-refractivity contribution in [3.63, 3.8) is 0 Å². The second kappa shape index (κ2) is 6.07. The molecule has 0 aliphatic rings. The molecule has 0 saturated heterocycles. The van der Waals surface area contributed by atoms with Crippen molar-refractivity contribution in [3.8, 4) is 0 Å². The van der Waals surface area contributed by atoms with E-state index in [0.717, 1.165) is 0 Å². The fourth-order valence-electron chi connectivity index (χ4n) is 0.855. The molecule has 15 heavy (non-hydrogen) atoms. The van der Waals surface area contributed by atoms with Gasteiger partial charge in [0.15, 0.2) is 24.8 Å². The van der Waals surface area contributed by atoms with Crippen LogP contribution in [0.15, 0.2) is 24.3 Å². The van der Waals surface area contributed by atoms with Crippen molar-refractivity contribution in [2.45, 2.75) is 13.8 Å². The van der Waals surface area contributed by atoms with Crippen LogP contribution in [0.25, 0.3) is 0 Å². The molecule has 0 spiro atoms. The molecule has 0 unspecified atom stereocenters. The molecule has 0 radical (unpaired) electrons. The average Bonchev–Trinajstić information content (AvgIpc) is 2.10. The molecule has 0 bridgehead atoms. The second-order valence-corrected chi connectivity index (χ2v) is 7.66. The summed E-state index contributed by atoms with van der Waals surface area (Å²) < 4.78 is 45.3. The van der Waals surface area contributed by atoms with Gasteiger partial charge in [-0.2, -0.15) is 0 Å². The largest absolute Gasteiger partial charge is 0.227 e. The third kappa shape index (κ3) is 7.33. The third-order valence-corrected chi connectivity index (χ3v) is 5.80. The molecule has 0 aromatic heterocycles. The summed E-state index contributed by atoms with van der Waals surface area (Å²) in [5, 5.41) is -0.783. The third-order valence-electron chi connectivity index (χ3n) is 1.53. The fourth-order valence-corrected chi connectivity index (χ4v) is 4.79. The first-order valence-corrected chi connectivity index (χ1v) is 8.10. The predicted molar refractivity (Wildman–Crippen MR) is 62.1 cm³/mol. The molecule has 0 heterocycles. The van der Waals surface area contributed by atoms with Crippen molar-refractivity contribution in [3.05, 3.63) is 24.3 Å². The van der Waals surface area contributed by atoms with E-state index in [9.17, 15) is 16.8 Å². The minimum absolute atomic E-state index is 0.224. The molecule has 88 valence electrons. The summed E-state index contributed by atoms with van der Waals surface area (Å²) in [5.41, 5.74) is 0. The lowest BCUT2D eigenvalue weighted by Gasteiger charge is -2.01. The van der Waals surface area contributed by atoms with E-state index in [1.54, 1.807) is 26.0 Å². The normalized spacial score (nSPS) is 14.0. The maximum absolute atomic E-state index is 11.3. The highest BCUT2D eigenvalue weighted by Gasteiger charge is 2.19. The molecular formula is C9H16O4S2.